The quantitative estimate of drug-likeness (QED) is 0.630. The number of hydrogen-bond acceptors (Lipinski definition) is 4. The number of benzene rings is 2. The molecule has 2 rings (SSSR count). The van der Waals surface area contributed by atoms with Gasteiger partial charge in [-0.2, -0.15) is 5.10 Å². The number of nitrogens with zero attached hydrogens (tertiary/aromatic N) is 1. The summed E-state index contributed by atoms with van der Waals surface area (Å²) in [5, 5.41) is 12.5. The number of carboxylic acid groups (broad SMARTS) is 1. The molecular weight excluding hydrogens is 303 g/mol. The third-order valence-electron chi connectivity index (χ3n) is 2.73. The number of carbonyl (C=O) groups is 2. The van der Waals surface area contributed by atoms with Crippen LogP contribution >= 0.6 is 0 Å². The first-order chi connectivity index (χ1) is 11.0. The zero-order valence-electron chi connectivity index (χ0n) is 11.9. The third kappa shape index (κ3) is 5.24. The molecule has 7 heteroatoms. The van der Waals surface area contributed by atoms with E-state index in [1.165, 1.54) is 42.6 Å². The molecule has 118 valence electrons. The fourth-order valence-corrected chi connectivity index (χ4v) is 1.63. The fourth-order valence-electron chi connectivity index (χ4n) is 1.63. The molecule has 23 heavy (non-hydrogen) atoms. The summed E-state index contributed by atoms with van der Waals surface area (Å²) in [7, 11) is 0. The normalized spacial score (nSPS) is 10.5. The highest BCUT2D eigenvalue weighted by molar-refractivity contribution is 5.89. The van der Waals surface area contributed by atoms with Crippen molar-refractivity contribution < 1.29 is 23.8 Å². The molecule has 0 fully saturated rings. The van der Waals surface area contributed by atoms with Gasteiger partial charge in [0.05, 0.1) is 11.8 Å². The lowest BCUT2D eigenvalue weighted by Gasteiger charge is -2.04. The maximum Gasteiger partial charge on any atom is 0.335 e. The molecule has 0 heterocycles. The molecule has 0 aliphatic heterocycles. The van der Waals surface area contributed by atoms with Crippen molar-refractivity contribution in [2.24, 2.45) is 5.10 Å². The van der Waals surface area contributed by atoms with Crippen molar-refractivity contribution >= 4 is 18.1 Å². The Bertz CT molecular complexity index is 729. The SMILES string of the molecule is O=C(COc1cccc(F)c1)N/N=C\c1ccc(C(=O)O)cc1. The minimum atomic E-state index is -1.02. The van der Waals surface area contributed by atoms with Crippen LogP contribution in [0.2, 0.25) is 0 Å². The van der Waals surface area contributed by atoms with Gasteiger partial charge in [0.15, 0.2) is 6.61 Å². The average molecular weight is 316 g/mol. The summed E-state index contributed by atoms with van der Waals surface area (Å²) in [6.45, 7) is -0.307. The summed E-state index contributed by atoms with van der Waals surface area (Å²) >= 11 is 0. The number of carboxylic acids is 1. The summed E-state index contributed by atoms with van der Waals surface area (Å²) in [5.41, 5.74) is 3.04. The van der Waals surface area contributed by atoms with E-state index in [4.69, 9.17) is 9.84 Å². The van der Waals surface area contributed by atoms with Crippen molar-refractivity contribution in [1.29, 1.82) is 0 Å². The highest BCUT2D eigenvalue weighted by Gasteiger charge is 2.03. The maximum absolute atomic E-state index is 12.9. The zero-order valence-corrected chi connectivity index (χ0v) is 11.9. The predicted molar refractivity (Wildman–Crippen MR) is 81.0 cm³/mol. The number of amides is 1. The van der Waals surface area contributed by atoms with Gasteiger partial charge in [-0.15, -0.1) is 0 Å². The van der Waals surface area contributed by atoms with E-state index in [1.54, 1.807) is 12.1 Å². The molecule has 0 unspecified atom stereocenters. The van der Waals surface area contributed by atoms with Crippen molar-refractivity contribution in [3.05, 3.63) is 65.5 Å². The second-order valence-electron chi connectivity index (χ2n) is 4.47. The fraction of sp³-hybridized carbons (Fsp3) is 0.0625. The monoisotopic (exact) mass is 316 g/mol. The lowest BCUT2D eigenvalue weighted by Crippen LogP contribution is -2.24. The van der Waals surface area contributed by atoms with Crippen molar-refractivity contribution in [2.45, 2.75) is 0 Å². The molecule has 0 saturated heterocycles. The summed E-state index contributed by atoms with van der Waals surface area (Å²) in [5.74, 6) is -1.73. The van der Waals surface area contributed by atoms with Crippen LogP contribution in [0.1, 0.15) is 15.9 Å². The molecule has 6 nitrogen and oxygen atoms in total. The molecule has 2 aromatic rings. The van der Waals surface area contributed by atoms with Crippen LogP contribution in [0.3, 0.4) is 0 Å². The number of aromatic carboxylic acids is 1. The van der Waals surface area contributed by atoms with Gasteiger partial charge in [-0.05, 0) is 29.8 Å². The summed E-state index contributed by atoms with van der Waals surface area (Å²) in [6.07, 6.45) is 1.37. The van der Waals surface area contributed by atoms with E-state index >= 15 is 0 Å². The first-order valence-electron chi connectivity index (χ1n) is 6.58. The maximum atomic E-state index is 12.9. The first-order valence-corrected chi connectivity index (χ1v) is 6.58. The van der Waals surface area contributed by atoms with Crippen LogP contribution in [0, 0.1) is 5.82 Å². The average Bonchev–Trinajstić information content (AvgIpc) is 2.53. The molecule has 0 atom stereocenters. The van der Waals surface area contributed by atoms with Gasteiger partial charge in [0, 0.05) is 6.07 Å². The van der Waals surface area contributed by atoms with Gasteiger partial charge in [-0.3, -0.25) is 4.79 Å². The number of halogens is 1. The molecule has 0 aliphatic rings. The zero-order chi connectivity index (χ0) is 16.7. The summed E-state index contributed by atoms with van der Waals surface area (Å²) in [6, 6.07) is 11.4. The smallest absolute Gasteiger partial charge is 0.335 e. The van der Waals surface area contributed by atoms with E-state index in [9.17, 15) is 14.0 Å². The molecule has 0 bridgehead atoms. The number of nitrogens with one attached hydrogen (secondary N) is 1. The Morgan fingerprint density at radius 1 is 1.22 bits per heavy atom. The lowest BCUT2D eigenvalue weighted by molar-refractivity contribution is -0.123. The topological polar surface area (TPSA) is 88.0 Å². The van der Waals surface area contributed by atoms with Crippen LogP contribution in [0.5, 0.6) is 5.75 Å². The number of hydrazone groups is 1. The van der Waals surface area contributed by atoms with Gasteiger partial charge < -0.3 is 9.84 Å². The minimum Gasteiger partial charge on any atom is -0.484 e. The summed E-state index contributed by atoms with van der Waals surface area (Å²) in [4.78, 5) is 22.2. The van der Waals surface area contributed by atoms with Gasteiger partial charge in [0.25, 0.3) is 5.91 Å². The van der Waals surface area contributed by atoms with Gasteiger partial charge in [0.1, 0.15) is 11.6 Å². The Morgan fingerprint density at radius 3 is 2.61 bits per heavy atom. The minimum absolute atomic E-state index is 0.162. The van der Waals surface area contributed by atoms with Crippen LogP contribution in [0.15, 0.2) is 53.6 Å². The molecule has 1 amide bonds. The Hall–Kier alpha value is -3.22. The van der Waals surface area contributed by atoms with Crippen LogP contribution < -0.4 is 10.2 Å². The van der Waals surface area contributed by atoms with Crippen molar-refractivity contribution in [3.8, 4) is 5.75 Å². The van der Waals surface area contributed by atoms with Crippen molar-refractivity contribution in [1.82, 2.24) is 5.43 Å². The van der Waals surface area contributed by atoms with Gasteiger partial charge >= 0.3 is 5.97 Å². The highest BCUT2D eigenvalue weighted by Crippen LogP contribution is 2.11. The molecule has 0 saturated carbocycles. The Balaban J connectivity index is 1.80. The second-order valence-corrected chi connectivity index (χ2v) is 4.47. The lowest BCUT2D eigenvalue weighted by atomic mass is 10.1. The predicted octanol–water partition coefficient (Wildman–Crippen LogP) is 2.05. The Morgan fingerprint density at radius 2 is 1.96 bits per heavy atom. The van der Waals surface area contributed by atoms with Crippen molar-refractivity contribution in [3.63, 3.8) is 0 Å². The van der Waals surface area contributed by atoms with E-state index in [0.29, 0.717) is 5.56 Å². The number of hydrogen-bond donors (Lipinski definition) is 2. The molecule has 0 aromatic heterocycles. The highest BCUT2D eigenvalue weighted by atomic mass is 19.1. The van der Waals surface area contributed by atoms with E-state index in [0.717, 1.165) is 0 Å². The third-order valence-corrected chi connectivity index (χ3v) is 2.73. The van der Waals surface area contributed by atoms with Crippen LogP contribution in [0.25, 0.3) is 0 Å². The van der Waals surface area contributed by atoms with E-state index in [1.807, 2.05) is 0 Å². The van der Waals surface area contributed by atoms with Crippen LogP contribution in [0.4, 0.5) is 4.39 Å². The Kier molecular flexibility index (Phi) is 5.40. The number of rotatable bonds is 6. The molecule has 2 aromatic carbocycles. The van der Waals surface area contributed by atoms with Gasteiger partial charge in [-0.25, -0.2) is 14.6 Å². The molecule has 2 N–H and O–H groups in total. The van der Waals surface area contributed by atoms with E-state index < -0.39 is 17.7 Å². The van der Waals surface area contributed by atoms with Gasteiger partial charge in [-0.1, -0.05) is 18.2 Å². The van der Waals surface area contributed by atoms with Crippen molar-refractivity contribution in [2.75, 3.05) is 6.61 Å². The summed E-state index contributed by atoms with van der Waals surface area (Å²) < 4.78 is 18.0. The van der Waals surface area contributed by atoms with E-state index in [-0.39, 0.29) is 17.9 Å². The van der Waals surface area contributed by atoms with Crippen LogP contribution in [-0.4, -0.2) is 29.8 Å². The van der Waals surface area contributed by atoms with Crippen LogP contribution in [-0.2, 0) is 4.79 Å². The van der Waals surface area contributed by atoms with Gasteiger partial charge in [0.2, 0.25) is 0 Å². The second kappa shape index (κ2) is 7.69. The molecule has 0 aliphatic carbocycles. The largest absolute Gasteiger partial charge is 0.484 e. The molecule has 0 spiro atoms. The molecule has 0 radical (unpaired) electrons. The Labute approximate surface area is 131 Å². The van der Waals surface area contributed by atoms with E-state index in [2.05, 4.69) is 10.5 Å². The standard InChI is InChI=1S/C16H13FN2O4/c17-13-2-1-3-14(8-13)23-10-15(20)19-18-9-11-4-6-12(7-5-11)16(21)22/h1-9H,10H2,(H,19,20)(H,21,22)/b18-9-. The molecular formula is C16H13FN2O4. The number of carbonyl (C=O) groups excluding carboxylic acids is 1. The first kappa shape index (κ1) is 16.2. The number of ether oxygens (including phenoxy) is 1.